The topological polar surface area (TPSA) is 42.2 Å². The lowest BCUT2D eigenvalue weighted by Gasteiger charge is -2.05. The number of aliphatic hydroxyl groups excluding tert-OH is 1. The van der Waals surface area contributed by atoms with Crippen molar-refractivity contribution in [1.29, 1.82) is 0 Å². The Bertz CT molecular complexity index is 1070. The maximum absolute atomic E-state index is 13.4. The molecule has 0 saturated carbocycles. The molecule has 0 aliphatic rings. The molecule has 1 N–H and O–H groups in total. The fourth-order valence-electron chi connectivity index (χ4n) is 3.58. The number of aryl methyl sites for hydroxylation is 1. The number of fused-ring (bicyclic) bond motifs is 2. The van der Waals surface area contributed by atoms with E-state index in [0.717, 1.165) is 52.2 Å². The number of hydrogen-bond acceptors (Lipinski definition) is 2. The van der Waals surface area contributed by atoms with Gasteiger partial charge in [-0.15, -0.1) is 0 Å². The molecular weight excluding hydrogens is 328 g/mol. The summed E-state index contributed by atoms with van der Waals surface area (Å²) in [5, 5.41) is 12.1. The average Bonchev–Trinajstić information content (AvgIpc) is 3.06. The Balaban J connectivity index is 1.82. The molecule has 0 bridgehead atoms. The highest BCUT2D eigenvalue weighted by Crippen LogP contribution is 2.27. The third-order valence-corrected chi connectivity index (χ3v) is 4.87. The first-order chi connectivity index (χ1) is 12.8. The van der Waals surface area contributed by atoms with Gasteiger partial charge in [-0.3, -0.25) is 4.79 Å². The molecule has 1 heterocycles. The predicted octanol–water partition coefficient (Wildman–Crippen LogP) is 4.80. The minimum Gasteiger partial charge on any atom is -0.396 e. The van der Waals surface area contributed by atoms with Crippen molar-refractivity contribution in [2.45, 2.75) is 19.4 Å². The Morgan fingerprint density at radius 3 is 2.38 bits per heavy atom. The summed E-state index contributed by atoms with van der Waals surface area (Å²) in [4.78, 5) is 13.4. The largest absolute Gasteiger partial charge is 0.396 e. The van der Waals surface area contributed by atoms with Crippen LogP contribution < -0.4 is 0 Å². The number of para-hydroxylation sites is 1. The monoisotopic (exact) mass is 349 g/mol. The SMILES string of the molecule is O=C(c1cccc2ccccc12)c1cn(CCCCO)[13c]2[13cH][13cH][13cH][13cH][13c]12. The molecule has 0 spiro atoms. The van der Waals surface area contributed by atoms with Crippen molar-refractivity contribution in [3.8, 4) is 0 Å². The minimum absolute atomic E-state index is 0.0545. The number of benzene rings is 3. The number of carbonyl (C=O) groups excluding carboxylic acids is 1. The first-order valence-corrected chi connectivity index (χ1v) is 9.01. The third kappa shape index (κ3) is 2.91. The maximum Gasteiger partial charge on any atom is 0.195 e. The highest BCUT2D eigenvalue weighted by Gasteiger charge is 2.18. The van der Waals surface area contributed by atoms with Crippen LogP contribution in [0.25, 0.3) is 21.7 Å². The second kappa shape index (κ2) is 7.14. The number of unbranched alkanes of at least 4 members (excludes halogenated alkanes) is 1. The van der Waals surface area contributed by atoms with Crippen LogP contribution in [0.15, 0.2) is 72.9 Å². The Morgan fingerprint density at radius 1 is 0.808 bits per heavy atom. The number of rotatable bonds is 6. The fourth-order valence-corrected chi connectivity index (χ4v) is 3.58. The molecule has 4 aromatic rings. The van der Waals surface area contributed by atoms with Crippen molar-refractivity contribution in [3.05, 3.63) is 84.1 Å². The molecule has 0 saturated heterocycles. The van der Waals surface area contributed by atoms with Gasteiger partial charge in [-0.05, 0) is 29.7 Å². The van der Waals surface area contributed by atoms with Gasteiger partial charge in [0.2, 0.25) is 0 Å². The predicted molar refractivity (Wildman–Crippen MR) is 106 cm³/mol. The first kappa shape index (κ1) is 16.6. The summed E-state index contributed by atoms with van der Waals surface area (Å²) in [6.07, 6.45) is 3.61. The second-order valence-electron chi connectivity index (χ2n) is 6.54. The van der Waals surface area contributed by atoms with Crippen molar-refractivity contribution in [3.63, 3.8) is 0 Å². The number of nitrogens with zero attached hydrogens (tertiary/aromatic N) is 1. The van der Waals surface area contributed by atoms with E-state index >= 15 is 0 Å². The van der Waals surface area contributed by atoms with E-state index in [0.29, 0.717) is 0 Å². The number of aliphatic hydroxyl groups is 1. The molecule has 0 atom stereocenters. The molecular formula is C23H21NO2. The summed E-state index contributed by atoms with van der Waals surface area (Å²) >= 11 is 0. The number of hydrogen-bond donors (Lipinski definition) is 1. The number of aromatic nitrogens is 1. The maximum atomic E-state index is 13.4. The van der Waals surface area contributed by atoms with E-state index in [2.05, 4.69) is 4.57 Å². The standard InChI is InChI=1S/C23H21NO2/c25-15-6-5-14-24-16-21(19-11-3-4-13-22(19)24)23(26)20-12-7-9-17-8-1-2-10-18(17)20/h1-4,7-13,16,25H,5-6,14-15H2/i3+1,4+1,11+1,13+1,19+1,22+1. The van der Waals surface area contributed by atoms with Gasteiger partial charge in [-0.25, -0.2) is 0 Å². The Labute approximate surface area is 152 Å². The zero-order valence-electron chi connectivity index (χ0n) is 14.6. The lowest BCUT2D eigenvalue weighted by molar-refractivity contribution is 0.104. The zero-order valence-corrected chi connectivity index (χ0v) is 14.6. The minimum atomic E-state index is 0.0545. The summed E-state index contributed by atoms with van der Waals surface area (Å²) in [6.45, 7) is 0.991. The quantitative estimate of drug-likeness (QED) is 0.401. The molecule has 0 radical (unpaired) electrons. The molecule has 0 unspecified atom stereocenters. The van der Waals surface area contributed by atoms with Crippen molar-refractivity contribution in [2.75, 3.05) is 6.61 Å². The van der Waals surface area contributed by atoms with Gasteiger partial charge in [0.25, 0.3) is 0 Å². The third-order valence-electron chi connectivity index (χ3n) is 4.87. The van der Waals surface area contributed by atoms with Crippen LogP contribution in [0.3, 0.4) is 0 Å². The van der Waals surface area contributed by atoms with E-state index in [9.17, 15) is 4.79 Å². The van der Waals surface area contributed by atoms with E-state index in [1.165, 1.54) is 0 Å². The van der Waals surface area contributed by atoms with Crippen LogP contribution in [-0.4, -0.2) is 22.1 Å². The van der Waals surface area contributed by atoms with Crippen molar-refractivity contribution in [1.82, 2.24) is 4.57 Å². The molecule has 4 rings (SSSR count). The Kier molecular flexibility index (Phi) is 4.55. The van der Waals surface area contributed by atoms with Gasteiger partial charge < -0.3 is 9.67 Å². The Morgan fingerprint density at radius 2 is 1.54 bits per heavy atom. The van der Waals surface area contributed by atoms with Crippen LogP contribution in [0.5, 0.6) is 0 Å². The highest BCUT2D eigenvalue weighted by molar-refractivity contribution is 6.21. The molecule has 0 aliphatic carbocycles. The molecule has 3 nitrogen and oxygen atoms in total. The van der Waals surface area contributed by atoms with E-state index in [4.69, 9.17) is 5.11 Å². The van der Waals surface area contributed by atoms with Gasteiger partial charge in [-0.2, -0.15) is 0 Å². The van der Waals surface area contributed by atoms with E-state index in [-0.39, 0.29) is 12.4 Å². The van der Waals surface area contributed by atoms with E-state index in [1.807, 2.05) is 72.9 Å². The number of ketones is 1. The summed E-state index contributed by atoms with van der Waals surface area (Å²) in [5.41, 5.74) is 2.54. The van der Waals surface area contributed by atoms with Crippen LogP contribution in [-0.2, 0) is 6.54 Å². The highest BCUT2D eigenvalue weighted by atomic mass is 16.2. The average molecular weight is 349 g/mol. The van der Waals surface area contributed by atoms with Gasteiger partial charge in [0.1, 0.15) is 0 Å². The van der Waals surface area contributed by atoms with E-state index in [1.54, 1.807) is 0 Å². The summed E-state index contributed by atoms with van der Waals surface area (Å²) in [7, 11) is 0. The summed E-state index contributed by atoms with van der Waals surface area (Å²) in [6, 6.07) is 21.9. The summed E-state index contributed by atoms with van der Waals surface area (Å²) < 4.78 is 2.13. The molecule has 130 valence electrons. The van der Waals surface area contributed by atoms with Crippen molar-refractivity contribution < 1.29 is 9.90 Å². The van der Waals surface area contributed by atoms with Crippen LogP contribution in [0.1, 0.15) is 28.8 Å². The lowest BCUT2D eigenvalue weighted by atomic mass is 10.00. The molecule has 3 aromatic carbocycles. The molecule has 3 heteroatoms. The molecule has 0 fully saturated rings. The van der Waals surface area contributed by atoms with Crippen molar-refractivity contribution >= 4 is 27.5 Å². The van der Waals surface area contributed by atoms with E-state index < -0.39 is 0 Å². The van der Waals surface area contributed by atoms with Crippen LogP contribution in [0.2, 0.25) is 0 Å². The molecule has 1 aromatic heterocycles. The van der Waals surface area contributed by atoms with Gasteiger partial charge >= 0.3 is 0 Å². The van der Waals surface area contributed by atoms with Gasteiger partial charge in [0.15, 0.2) is 5.78 Å². The van der Waals surface area contributed by atoms with Crippen molar-refractivity contribution in [2.24, 2.45) is 0 Å². The van der Waals surface area contributed by atoms with Gasteiger partial charge in [-0.1, -0.05) is 60.7 Å². The zero-order chi connectivity index (χ0) is 17.9. The Hall–Kier alpha value is -2.91. The second-order valence-corrected chi connectivity index (χ2v) is 6.54. The molecule has 0 amide bonds. The summed E-state index contributed by atoms with van der Waals surface area (Å²) in [5.74, 6) is 0.0545. The normalized spacial score (nSPS) is 11.3. The van der Waals surface area contributed by atoms with Crippen LogP contribution >= 0.6 is 0 Å². The van der Waals surface area contributed by atoms with Crippen LogP contribution in [0.4, 0.5) is 0 Å². The first-order valence-electron chi connectivity index (χ1n) is 9.01. The van der Waals surface area contributed by atoms with Gasteiger partial charge in [0.05, 0.1) is 0 Å². The smallest absolute Gasteiger partial charge is 0.195 e. The van der Waals surface area contributed by atoms with Crippen LogP contribution in [0, 0.1) is 0 Å². The lowest BCUT2D eigenvalue weighted by Crippen LogP contribution is -2.02. The number of carbonyl (C=O) groups is 1. The van der Waals surface area contributed by atoms with Gasteiger partial charge in [0, 0.05) is 41.4 Å². The fraction of sp³-hybridized carbons (Fsp3) is 0.174. The molecule has 0 aliphatic heterocycles. The molecule has 26 heavy (non-hydrogen) atoms.